The van der Waals surface area contributed by atoms with E-state index in [0.717, 1.165) is 16.8 Å². The van der Waals surface area contributed by atoms with E-state index < -0.39 is 4.92 Å². The Morgan fingerprint density at radius 2 is 1.82 bits per heavy atom. The number of fused-ring (bicyclic) bond motifs is 1. The predicted molar refractivity (Wildman–Crippen MR) is 132 cm³/mol. The molecular formula is C26H19N5O3. The highest BCUT2D eigenvalue weighted by molar-refractivity contribution is 6.22. The molecule has 0 saturated carbocycles. The average molecular weight is 449 g/mol. The Hall–Kier alpha value is -4.98. The molecule has 166 valence electrons. The molecule has 8 heteroatoms. The molecule has 0 radical (unpaired) electrons. The van der Waals surface area contributed by atoms with Gasteiger partial charge in [-0.2, -0.15) is 0 Å². The van der Waals surface area contributed by atoms with Crippen LogP contribution in [0.3, 0.4) is 0 Å². The highest BCUT2D eigenvalue weighted by Crippen LogP contribution is 2.33. The van der Waals surface area contributed by atoms with Crippen LogP contribution in [0.15, 0.2) is 90.3 Å². The van der Waals surface area contributed by atoms with Gasteiger partial charge in [0.15, 0.2) is 5.88 Å². The van der Waals surface area contributed by atoms with Crippen LogP contribution in [-0.4, -0.2) is 30.7 Å². The molecule has 2 heterocycles. The van der Waals surface area contributed by atoms with Gasteiger partial charge in [-0.15, -0.1) is 0 Å². The summed E-state index contributed by atoms with van der Waals surface area (Å²) in [6.07, 6.45) is 7.25. The Labute approximate surface area is 194 Å². The minimum Gasteiger partial charge on any atom is -0.494 e. The Balaban J connectivity index is 1.60. The number of benzene rings is 3. The molecule has 8 nitrogen and oxygen atoms in total. The van der Waals surface area contributed by atoms with Gasteiger partial charge in [-0.3, -0.25) is 10.1 Å². The smallest absolute Gasteiger partial charge is 0.270 e. The van der Waals surface area contributed by atoms with Crippen molar-refractivity contribution in [2.75, 3.05) is 0 Å². The molecular weight excluding hydrogens is 430 g/mol. The Morgan fingerprint density at radius 1 is 1.03 bits per heavy atom. The minimum absolute atomic E-state index is 0.0615. The average Bonchev–Trinajstić information content (AvgIpc) is 3.49. The number of non-ortho nitro benzene ring substituents is 1. The van der Waals surface area contributed by atoms with Crippen LogP contribution in [0.2, 0.25) is 0 Å². The summed E-state index contributed by atoms with van der Waals surface area (Å²) in [5.41, 5.74) is 4.77. The zero-order valence-electron chi connectivity index (χ0n) is 17.8. The van der Waals surface area contributed by atoms with Crippen LogP contribution in [0.5, 0.6) is 5.88 Å². The molecule has 34 heavy (non-hydrogen) atoms. The van der Waals surface area contributed by atoms with Gasteiger partial charge < -0.3 is 15.1 Å². The normalized spacial score (nSPS) is 11.9. The summed E-state index contributed by atoms with van der Waals surface area (Å²) >= 11 is 0. The maximum absolute atomic E-state index is 11.3. The summed E-state index contributed by atoms with van der Waals surface area (Å²) in [7, 11) is 0. The first-order valence-corrected chi connectivity index (χ1v) is 10.5. The quantitative estimate of drug-likeness (QED) is 0.171. The molecule has 0 bridgehead atoms. The van der Waals surface area contributed by atoms with E-state index in [9.17, 15) is 15.2 Å². The number of rotatable bonds is 6. The number of nitro groups is 1. The molecule has 5 aromatic rings. The van der Waals surface area contributed by atoms with Gasteiger partial charge in [0.25, 0.3) is 5.69 Å². The number of nitrogens with zero attached hydrogens (tertiary/aromatic N) is 3. The Bertz CT molecular complexity index is 1520. The molecule has 2 aromatic heterocycles. The number of aromatic amines is 2. The van der Waals surface area contributed by atoms with Crippen LogP contribution in [0.4, 0.5) is 11.4 Å². The molecule has 0 fully saturated rings. The van der Waals surface area contributed by atoms with Gasteiger partial charge in [0.2, 0.25) is 0 Å². The van der Waals surface area contributed by atoms with Gasteiger partial charge in [0.05, 0.1) is 40.1 Å². The fourth-order valence-electron chi connectivity index (χ4n) is 3.71. The van der Waals surface area contributed by atoms with Crippen molar-refractivity contribution in [2.45, 2.75) is 0 Å². The topological polar surface area (TPSA) is 120 Å². The molecule has 0 aliphatic rings. The number of aliphatic imine (C=N–C) groups is 1. The first-order valence-electron chi connectivity index (χ1n) is 10.5. The third kappa shape index (κ3) is 4.20. The predicted octanol–water partition coefficient (Wildman–Crippen LogP) is 5.84. The number of hydrogen-bond acceptors (Lipinski definition) is 5. The third-order valence-corrected chi connectivity index (χ3v) is 5.37. The maximum atomic E-state index is 11.3. The number of hydrogen-bond donors (Lipinski definition) is 3. The molecule has 0 unspecified atom stereocenters. The van der Waals surface area contributed by atoms with Crippen molar-refractivity contribution in [3.05, 3.63) is 118 Å². The van der Waals surface area contributed by atoms with Gasteiger partial charge in [0, 0.05) is 28.6 Å². The van der Waals surface area contributed by atoms with E-state index in [1.54, 1.807) is 18.6 Å². The van der Waals surface area contributed by atoms with Crippen molar-refractivity contribution >= 4 is 40.1 Å². The fraction of sp³-hybridized carbons (Fsp3) is 0. The first kappa shape index (κ1) is 20.9. The lowest BCUT2D eigenvalue weighted by Gasteiger charge is -2.08. The minimum atomic E-state index is -0.456. The molecule has 0 amide bonds. The van der Waals surface area contributed by atoms with Crippen LogP contribution >= 0.6 is 0 Å². The van der Waals surface area contributed by atoms with Crippen LogP contribution in [0, 0.1) is 10.1 Å². The molecule has 0 aliphatic heterocycles. The molecule has 0 saturated heterocycles. The van der Waals surface area contributed by atoms with Crippen molar-refractivity contribution < 1.29 is 10.0 Å². The second-order valence-electron chi connectivity index (χ2n) is 7.59. The largest absolute Gasteiger partial charge is 0.494 e. The summed E-state index contributed by atoms with van der Waals surface area (Å²) < 4.78 is 0. The molecule has 3 aromatic carbocycles. The van der Waals surface area contributed by atoms with Crippen molar-refractivity contribution in [1.29, 1.82) is 0 Å². The van der Waals surface area contributed by atoms with Gasteiger partial charge >= 0.3 is 0 Å². The maximum Gasteiger partial charge on any atom is 0.270 e. The summed E-state index contributed by atoms with van der Waals surface area (Å²) in [5, 5.41) is 22.6. The number of imidazole rings is 1. The Kier molecular flexibility index (Phi) is 5.45. The highest BCUT2D eigenvalue weighted by atomic mass is 16.6. The molecule has 0 spiro atoms. The zero-order chi connectivity index (χ0) is 23.5. The number of H-pyrrole nitrogens is 2. The van der Waals surface area contributed by atoms with Crippen LogP contribution in [0.25, 0.3) is 23.1 Å². The SMILES string of the molecule is O=[N+]([O-])c1ccc2[nH]c(O)c(C(=Nc3ccc(/C=C/c4cnc[nH]4)cc3)c3ccccc3)c2c1. The van der Waals surface area contributed by atoms with Crippen molar-refractivity contribution in [2.24, 2.45) is 4.99 Å². The molecule has 0 atom stereocenters. The van der Waals surface area contributed by atoms with Crippen molar-refractivity contribution in [3.8, 4) is 5.88 Å². The molecule has 5 rings (SSSR count). The zero-order valence-corrected chi connectivity index (χ0v) is 17.8. The summed E-state index contributed by atoms with van der Waals surface area (Å²) in [5.74, 6) is -0.0998. The van der Waals surface area contributed by atoms with Gasteiger partial charge in [-0.1, -0.05) is 48.5 Å². The highest BCUT2D eigenvalue weighted by Gasteiger charge is 2.20. The number of nitro benzene ring substituents is 1. The molecule has 3 N–H and O–H groups in total. The lowest BCUT2D eigenvalue weighted by atomic mass is 10.0. The van der Waals surface area contributed by atoms with E-state index in [1.165, 1.54) is 12.1 Å². The van der Waals surface area contributed by atoms with Gasteiger partial charge in [0.1, 0.15) is 0 Å². The van der Waals surface area contributed by atoms with Crippen molar-refractivity contribution in [1.82, 2.24) is 15.0 Å². The lowest BCUT2D eigenvalue weighted by molar-refractivity contribution is -0.384. The van der Waals surface area contributed by atoms with Crippen LogP contribution in [-0.2, 0) is 0 Å². The molecule has 0 aliphatic carbocycles. The standard InChI is InChI=1S/C26H19N5O3/c32-26-24(22-14-21(31(33)34)12-13-23(22)30-26)25(18-4-2-1-3-5-18)29-19-9-6-17(7-10-19)8-11-20-15-27-16-28-20/h1-16,30,32H,(H,27,28)/b11-8+,29-25?. The van der Waals surface area contributed by atoms with E-state index in [0.29, 0.717) is 27.9 Å². The summed E-state index contributed by atoms with van der Waals surface area (Å²) in [4.78, 5) is 25.6. The fourth-order valence-corrected chi connectivity index (χ4v) is 3.71. The van der Waals surface area contributed by atoms with E-state index in [2.05, 4.69) is 15.0 Å². The van der Waals surface area contributed by atoms with E-state index in [4.69, 9.17) is 4.99 Å². The summed E-state index contributed by atoms with van der Waals surface area (Å²) in [6, 6.07) is 21.5. The third-order valence-electron chi connectivity index (χ3n) is 5.37. The number of aromatic nitrogens is 3. The van der Waals surface area contributed by atoms with E-state index >= 15 is 0 Å². The second-order valence-corrected chi connectivity index (χ2v) is 7.59. The second kappa shape index (κ2) is 8.87. The van der Waals surface area contributed by atoms with Crippen molar-refractivity contribution in [3.63, 3.8) is 0 Å². The van der Waals surface area contributed by atoms with Gasteiger partial charge in [-0.05, 0) is 29.8 Å². The van der Waals surface area contributed by atoms with Gasteiger partial charge in [-0.25, -0.2) is 9.98 Å². The number of aromatic hydroxyl groups is 1. The lowest BCUT2D eigenvalue weighted by Crippen LogP contribution is -2.03. The van der Waals surface area contributed by atoms with E-state index in [1.807, 2.05) is 66.7 Å². The monoisotopic (exact) mass is 449 g/mol. The summed E-state index contributed by atoms with van der Waals surface area (Å²) in [6.45, 7) is 0. The van der Waals surface area contributed by atoms with Crippen LogP contribution in [0.1, 0.15) is 22.4 Å². The first-order chi connectivity index (χ1) is 16.6. The number of nitrogens with one attached hydrogen (secondary N) is 2. The van der Waals surface area contributed by atoms with E-state index in [-0.39, 0.29) is 11.6 Å². The Morgan fingerprint density at radius 3 is 2.53 bits per heavy atom. The van der Waals surface area contributed by atoms with Crippen LogP contribution < -0.4 is 0 Å².